The molecule has 0 atom stereocenters. The number of nitriles is 1. The zero-order chi connectivity index (χ0) is 13.2. The molecule has 3 rings (SSSR count). The van der Waals surface area contributed by atoms with Crippen LogP contribution in [0.4, 0.5) is 5.69 Å². The van der Waals surface area contributed by atoms with E-state index in [4.69, 9.17) is 0 Å². The highest BCUT2D eigenvalue weighted by Crippen LogP contribution is 2.36. The van der Waals surface area contributed by atoms with E-state index in [0.717, 1.165) is 22.3 Å². The van der Waals surface area contributed by atoms with Gasteiger partial charge in [-0.2, -0.15) is 5.26 Å². The Bertz CT molecular complexity index is 612. The molecule has 1 fully saturated rings. The van der Waals surface area contributed by atoms with E-state index in [9.17, 15) is 5.26 Å². The summed E-state index contributed by atoms with van der Waals surface area (Å²) in [5, 5.41) is 11.4. The third kappa shape index (κ3) is 2.83. The van der Waals surface area contributed by atoms with E-state index < -0.39 is 0 Å². The number of halogens is 1. The van der Waals surface area contributed by atoms with Gasteiger partial charge in [-0.1, -0.05) is 22.0 Å². The molecule has 1 heterocycles. The molecule has 0 spiro atoms. The van der Waals surface area contributed by atoms with Crippen LogP contribution in [-0.4, -0.2) is 6.04 Å². The molecule has 1 aromatic carbocycles. The van der Waals surface area contributed by atoms with Gasteiger partial charge in [-0.3, -0.25) is 0 Å². The maximum atomic E-state index is 9.30. The first-order valence-electron chi connectivity index (χ1n) is 6.26. The second kappa shape index (κ2) is 5.36. The highest BCUT2D eigenvalue weighted by molar-refractivity contribution is 9.10. The van der Waals surface area contributed by atoms with Gasteiger partial charge in [0.1, 0.15) is 6.07 Å². The van der Waals surface area contributed by atoms with Crippen LogP contribution in [0, 0.1) is 11.3 Å². The lowest BCUT2D eigenvalue weighted by Crippen LogP contribution is -2.25. The number of anilines is 1. The quantitative estimate of drug-likeness (QED) is 0.821. The number of rotatable bonds is 4. The SMILES string of the molecule is N#Cc1ccc(Br)cc1N(Cc1cccs1)C1CC1. The van der Waals surface area contributed by atoms with Gasteiger partial charge in [-0.15, -0.1) is 11.3 Å². The summed E-state index contributed by atoms with van der Waals surface area (Å²) in [6.45, 7) is 0.896. The number of hydrogen-bond donors (Lipinski definition) is 0. The topological polar surface area (TPSA) is 27.0 Å². The van der Waals surface area contributed by atoms with Gasteiger partial charge in [0.05, 0.1) is 17.8 Å². The molecule has 1 aromatic heterocycles. The van der Waals surface area contributed by atoms with Crippen molar-refractivity contribution in [3.8, 4) is 6.07 Å². The molecular formula is C15H13BrN2S. The lowest BCUT2D eigenvalue weighted by atomic mass is 10.1. The third-order valence-corrected chi connectivity index (χ3v) is 4.64. The molecule has 4 heteroatoms. The average molecular weight is 333 g/mol. The van der Waals surface area contributed by atoms with Crippen molar-refractivity contribution in [3.63, 3.8) is 0 Å². The summed E-state index contributed by atoms with van der Waals surface area (Å²) in [7, 11) is 0. The highest BCUT2D eigenvalue weighted by atomic mass is 79.9. The second-order valence-electron chi connectivity index (χ2n) is 4.71. The summed E-state index contributed by atoms with van der Waals surface area (Å²) >= 11 is 5.28. The van der Waals surface area contributed by atoms with E-state index >= 15 is 0 Å². The van der Waals surface area contributed by atoms with Gasteiger partial charge >= 0.3 is 0 Å². The van der Waals surface area contributed by atoms with E-state index in [-0.39, 0.29) is 0 Å². The van der Waals surface area contributed by atoms with Crippen molar-refractivity contribution in [3.05, 3.63) is 50.6 Å². The molecule has 19 heavy (non-hydrogen) atoms. The molecule has 0 unspecified atom stereocenters. The second-order valence-corrected chi connectivity index (χ2v) is 6.66. The third-order valence-electron chi connectivity index (χ3n) is 3.28. The standard InChI is InChI=1S/C15H13BrN2S/c16-12-4-3-11(9-17)15(8-12)18(13-5-6-13)10-14-2-1-7-19-14/h1-4,7-8,13H,5-6,10H2. The van der Waals surface area contributed by atoms with Crippen molar-refractivity contribution in [2.24, 2.45) is 0 Å². The van der Waals surface area contributed by atoms with Gasteiger partial charge in [0, 0.05) is 15.4 Å². The van der Waals surface area contributed by atoms with Crippen LogP contribution in [-0.2, 0) is 6.54 Å². The number of thiophene rings is 1. The van der Waals surface area contributed by atoms with Crippen molar-refractivity contribution in [1.29, 1.82) is 5.26 Å². The maximum Gasteiger partial charge on any atom is 0.101 e. The Kier molecular flexibility index (Phi) is 3.58. The van der Waals surface area contributed by atoms with Crippen molar-refractivity contribution >= 4 is 33.0 Å². The summed E-state index contributed by atoms with van der Waals surface area (Å²) < 4.78 is 1.03. The molecule has 0 amide bonds. The summed E-state index contributed by atoms with van der Waals surface area (Å²) in [6, 6.07) is 13.0. The summed E-state index contributed by atoms with van der Waals surface area (Å²) in [5.41, 5.74) is 1.81. The first kappa shape index (κ1) is 12.7. The Morgan fingerprint density at radius 3 is 2.84 bits per heavy atom. The van der Waals surface area contributed by atoms with Crippen LogP contribution in [0.15, 0.2) is 40.2 Å². The predicted molar refractivity (Wildman–Crippen MR) is 82.4 cm³/mol. The smallest absolute Gasteiger partial charge is 0.101 e. The molecule has 0 N–H and O–H groups in total. The zero-order valence-corrected chi connectivity index (χ0v) is 12.7. The zero-order valence-electron chi connectivity index (χ0n) is 10.3. The molecule has 96 valence electrons. The molecule has 2 aromatic rings. The average Bonchev–Trinajstić information content (AvgIpc) is 3.13. The molecule has 2 nitrogen and oxygen atoms in total. The minimum atomic E-state index is 0.587. The molecule has 1 aliphatic rings. The van der Waals surface area contributed by atoms with Crippen molar-refractivity contribution in [2.75, 3.05) is 4.90 Å². The largest absolute Gasteiger partial charge is 0.362 e. The van der Waals surface area contributed by atoms with E-state index in [2.05, 4.69) is 50.5 Å². The molecule has 0 saturated heterocycles. The Labute approximate surface area is 125 Å². The van der Waals surface area contributed by atoms with Crippen LogP contribution < -0.4 is 4.90 Å². The maximum absolute atomic E-state index is 9.30. The van der Waals surface area contributed by atoms with Gasteiger partial charge < -0.3 is 4.90 Å². The van der Waals surface area contributed by atoms with Gasteiger partial charge in [0.25, 0.3) is 0 Å². The van der Waals surface area contributed by atoms with Crippen LogP contribution in [0.3, 0.4) is 0 Å². The van der Waals surface area contributed by atoms with Gasteiger partial charge in [-0.25, -0.2) is 0 Å². The van der Waals surface area contributed by atoms with Crippen LogP contribution in [0.5, 0.6) is 0 Å². The van der Waals surface area contributed by atoms with Crippen LogP contribution >= 0.6 is 27.3 Å². The lowest BCUT2D eigenvalue weighted by Gasteiger charge is -2.25. The van der Waals surface area contributed by atoms with E-state index in [1.54, 1.807) is 11.3 Å². The van der Waals surface area contributed by atoms with Crippen molar-refractivity contribution < 1.29 is 0 Å². The van der Waals surface area contributed by atoms with Gasteiger partial charge in [0.2, 0.25) is 0 Å². The van der Waals surface area contributed by atoms with Crippen LogP contribution in [0.25, 0.3) is 0 Å². The fourth-order valence-electron chi connectivity index (χ4n) is 2.20. The first-order valence-corrected chi connectivity index (χ1v) is 7.94. The van der Waals surface area contributed by atoms with Gasteiger partial charge in [0.15, 0.2) is 0 Å². The van der Waals surface area contributed by atoms with Crippen LogP contribution in [0.1, 0.15) is 23.3 Å². The fraction of sp³-hybridized carbons (Fsp3) is 0.267. The Balaban J connectivity index is 1.96. The van der Waals surface area contributed by atoms with E-state index in [1.807, 2.05) is 12.1 Å². The summed E-state index contributed by atoms with van der Waals surface area (Å²) in [6.07, 6.45) is 2.45. The highest BCUT2D eigenvalue weighted by Gasteiger charge is 2.30. The number of nitrogens with zero attached hydrogens (tertiary/aromatic N) is 2. The number of benzene rings is 1. The molecule has 0 bridgehead atoms. The number of hydrogen-bond acceptors (Lipinski definition) is 3. The molecule has 1 aliphatic carbocycles. The van der Waals surface area contributed by atoms with E-state index in [0.29, 0.717) is 6.04 Å². The Morgan fingerprint density at radius 1 is 1.37 bits per heavy atom. The van der Waals surface area contributed by atoms with Gasteiger partial charge in [-0.05, 0) is 42.5 Å². The van der Waals surface area contributed by atoms with Crippen molar-refractivity contribution in [2.45, 2.75) is 25.4 Å². The molecule has 0 aliphatic heterocycles. The van der Waals surface area contributed by atoms with E-state index in [1.165, 1.54) is 17.7 Å². The minimum Gasteiger partial charge on any atom is -0.362 e. The molecule has 0 radical (unpaired) electrons. The summed E-state index contributed by atoms with van der Waals surface area (Å²) in [5.74, 6) is 0. The first-order chi connectivity index (χ1) is 9.28. The normalized spacial score (nSPS) is 14.1. The molecular weight excluding hydrogens is 320 g/mol. The summed E-state index contributed by atoms with van der Waals surface area (Å²) in [4.78, 5) is 3.71. The molecule has 1 saturated carbocycles. The lowest BCUT2D eigenvalue weighted by molar-refractivity contribution is 0.802. The Morgan fingerprint density at radius 2 is 2.21 bits per heavy atom. The monoisotopic (exact) mass is 332 g/mol. The Hall–Kier alpha value is -1.31. The predicted octanol–water partition coefficient (Wildman–Crippen LogP) is 4.55. The fourth-order valence-corrected chi connectivity index (χ4v) is 3.26. The van der Waals surface area contributed by atoms with Crippen molar-refractivity contribution in [1.82, 2.24) is 0 Å². The van der Waals surface area contributed by atoms with Crippen LogP contribution in [0.2, 0.25) is 0 Å². The minimum absolute atomic E-state index is 0.587.